The van der Waals surface area contributed by atoms with Crippen molar-refractivity contribution in [3.05, 3.63) is 69.5 Å². The highest BCUT2D eigenvalue weighted by molar-refractivity contribution is 7.98. The van der Waals surface area contributed by atoms with Gasteiger partial charge in [0.05, 0.1) is 11.3 Å². The molecule has 1 atom stereocenters. The molecule has 0 bridgehead atoms. The first-order chi connectivity index (χ1) is 13.0. The second-order valence-electron chi connectivity index (χ2n) is 6.09. The van der Waals surface area contributed by atoms with Crippen LogP contribution in [0.2, 0.25) is 5.02 Å². The second-order valence-corrected chi connectivity index (χ2v) is 7.32. The first kappa shape index (κ1) is 17.8. The molecule has 3 aromatic rings. The average Bonchev–Trinajstić information content (AvgIpc) is 2.66. The number of aromatic amines is 1. The minimum absolute atomic E-state index is 0.154. The van der Waals surface area contributed by atoms with Gasteiger partial charge >= 0.3 is 11.3 Å². The number of halogens is 1. The quantitative estimate of drug-likeness (QED) is 0.531. The minimum atomic E-state index is -0.569. The predicted octanol–water partition coefficient (Wildman–Crippen LogP) is 3.01. The van der Waals surface area contributed by atoms with Gasteiger partial charge in [-0.2, -0.15) is 0 Å². The smallest absolute Gasteiger partial charge is 0.291 e. The molecule has 0 saturated heterocycles. The van der Waals surface area contributed by atoms with Crippen LogP contribution in [0.5, 0.6) is 0 Å². The zero-order chi connectivity index (χ0) is 19.1. The molecule has 27 heavy (non-hydrogen) atoms. The van der Waals surface area contributed by atoms with Crippen LogP contribution in [0.15, 0.2) is 58.5 Å². The number of aromatic nitrogens is 3. The summed E-state index contributed by atoms with van der Waals surface area (Å²) < 4.78 is 1.61. The molecule has 0 saturated carbocycles. The Hall–Kier alpha value is -2.64. The van der Waals surface area contributed by atoms with Crippen molar-refractivity contribution < 1.29 is 9.48 Å². The summed E-state index contributed by atoms with van der Waals surface area (Å²) in [6.07, 6.45) is 1.26. The number of fused-ring (bicyclic) bond motifs is 3. The minimum Gasteiger partial charge on any atom is -0.291 e. The largest absolute Gasteiger partial charge is 0.325 e. The van der Waals surface area contributed by atoms with E-state index in [1.54, 1.807) is 27.8 Å². The van der Waals surface area contributed by atoms with Crippen molar-refractivity contribution >= 4 is 35.0 Å². The number of nitrogens with zero attached hydrogens (tertiary/aromatic N) is 3. The fourth-order valence-electron chi connectivity index (χ4n) is 3.35. The van der Waals surface area contributed by atoms with Crippen LogP contribution in [0, 0.1) is 0 Å². The highest BCUT2D eigenvalue weighted by Crippen LogP contribution is 2.38. The fraction of sp³-hybridized carbons (Fsp3) is 0.158. The molecule has 1 aliphatic heterocycles. The number of rotatable bonds is 2. The summed E-state index contributed by atoms with van der Waals surface area (Å²) in [5.41, 5.74) is 2.15. The average molecular weight is 400 g/mol. The van der Waals surface area contributed by atoms with Gasteiger partial charge in [0.15, 0.2) is 0 Å². The van der Waals surface area contributed by atoms with Crippen molar-refractivity contribution in [3.8, 4) is 11.3 Å². The summed E-state index contributed by atoms with van der Waals surface area (Å²) in [5, 5.41) is 5.55. The molecule has 6 nitrogen and oxygen atoms in total. The van der Waals surface area contributed by atoms with Crippen molar-refractivity contribution in [1.29, 1.82) is 0 Å². The molecular formula is C19H16ClN4O2S+. The third kappa shape index (κ3) is 2.93. The van der Waals surface area contributed by atoms with Crippen LogP contribution < -0.4 is 15.1 Å². The van der Waals surface area contributed by atoms with Crippen LogP contribution in [0.3, 0.4) is 0 Å². The van der Waals surface area contributed by atoms with Gasteiger partial charge in [0.1, 0.15) is 0 Å². The zero-order valence-electron chi connectivity index (χ0n) is 14.6. The summed E-state index contributed by atoms with van der Waals surface area (Å²) in [4.78, 5) is 30.0. The molecule has 1 N–H and O–H groups in total. The highest BCUT2D eigenvalue weighted by atomic mass is 35.5. The summed E-state index contributed by atoms with van der Waals surface area (Å²) in [5.74, 6) is -0.154. The fourth-order valence-corrected chi connectivity index (χ4v) is 3.89. The molecule has 8 heteroatoms. The summed E-state index contributed by atoms with van der Waals surface area (Å²) in [7, 11) is 0. The van der Waals surface area contributed by atoms with Crippen molar-refractivity contribution in [2.24, 2.45) is 0 Å². The van der Waals surface area contributed by atoms with Crippen molar-refractivity contribution in [3.63, 3.8) is 0 Å². The van der Waals surface area contributed by atoms with E-state index in [0.717, 1.165) is 5.56 Å². The van der Waals surface area contributed by atoms with Gasteiger partial charge in [-0.05, 0) is 29.1 Å². The lowest BCUT2D eigenvalue weighted by Gasteiger charge is -2.31. The molecule has 0 fully saturated rings. The van der Waals surface area contributed by atoms with Gasteiger partial charge in [0.25, 0.3) is 6.17 Å². The number of carbonyl (C=O) groups excluding carboxylic acids is 1. The van der Waals surface area contributed by atoms with E-state index >= 15 is 0 Å². The molecule has 136 valence electrons. The van der Waals surface area contributed by atoms with E-state index in [-0.39, 0.29) is 11.5 Å². The zero-order valence-corrected chi connectivity index (χ0v) is 16.2. The maximum absolute atomic E-state index is 12.9. The molecule has 2 aromatic carbocycles. The molecule has 4 rings (SSSR count). The van der Waals surface area contributed by atoms with Crippen LogP contribution in [0.25, 0.3) is 11.3 Å². The van der Waals surface area contributed by atoms with Gasteiger partial charge in [-0.15, -0.1) is 0 Å². The van der Waals surface area contributed by atoms with Crippen LogP contribution in [0.4, 0.5) is 5.69 Å². The number of nitrogens with one attached hydrogen (secondary N) is 1. The van der Waals surface area contributed by atoms with E-state index in [1.807, 2.05) is 36.6 Å². The first-order valence-corrected chi connectivity index (χ1v) is 9.86. The lowest BCUT2D eigenvalue weighted by molar-refractivity contribution is -0.763. The normalized spacial score (nSPS) is 15.2. The van der Waals surface area contributed by atoms with Gasteiger partial charge in [-0.1, -0.05) is 53.7 Å². The molecule has 0 aliphatic carbocycles. The number of amides is 1. The van der Waals surface area contributed by atoms with Gasteiger partial charge < -0.3 is 0 Å². The molecule has 1 amide bonds. The number of hydrogen-bond acceptors (Lipinski definition) is 4. The summed E-state index contributed by atoms with van der Waals surface area (Å²) in [6.45, 7) is 1.50. The van der Waals surface area contributed by atoms with E-state index in [2.05, 4.69) is 10.1 Å². The van der Waals surface area contributed by atoms with E-state index in [9.17, 15) is 9.59 Å². The van der Waals surface area contributed by atoms with Crippen molar-refractivity contribution in [2.45, 2.75) is 18.2 Å². The molecule has 1 aliphatic rings. The number of anilines is 1. The van der Waals surface area contributed by atoms with E-state index in [0.29, 0.717) is 27.1 Å². The number of H-pyrrole nitrogens is 1. The third-order valence-electron chi connectivity index (χ3n) is 4.44. The summed E-state index contributed by atoms with van der Waals surface area (Å²) >= 11 is 7.52. The first-order valence-electron chi connectivity index (χ1n) is 8.26. The molecule has 0 spiro atoms. The lowest BCUT2D eigenvalue weighted by atomic mass is 10.0. The van der Waals surface area contributed by atoms with Gasteiger partial charge in [-0.25, -0.2) is 4.90 Å². The van der Waals surface area contributed by atoms with Gasteiger partial charge in [-0.3, -0.25) is 14.6 Å². The van der Waals surface area contributed by atoms with Crippen LogP contribution in [0.1, 0.15) is 18.7 Å². The van der Waals surface area contributed by atoms with Crippen LogP contribution in [-0.2, 0) is 4.79 Å². The SMILES string of the molecule is CSc1n[n+]2c(c(=O)[nH]1)-c1cc(Cl)ccc1N(C(C)=O)[C@@H]2c1ccccc1. The molecular weight excluding hydrogens is 384 g/mol. The highest BCUT2D eigenvalue weighted by Gasteiger charge is 2.44. The maximum atomic E-state index is 12.9. The van der Waals surface area contributed by atoms with Crippen molar-refractivity contribution in [1.82, 2.24) is 10.1 Å². The topological polar surface area (TPSA) is 69.9 Å². The Morgan fingerprint density at radius 3 is 2.67 bits per heavy atom. The Kier molecular flexibility index (Phi) is 4.49. The molecule has 0 radical (unpaired) electrons. The number of carbonyl (C=O) groups is 1. The van der Waals surface area contributed by atoms with E-state index in [1.165, 1.54) is 18.7 Å². The van der Waals surface area contributed by atoms with E-state index in [4.69, 9.17) is 11.6 Å². The Morgan fingerprint density at radius 1 is 1.26 bits per heavy atom. The second kappa shape index (κ2) is 6.83. The Morgan fingerprint density at radius 2 is 2.00 bits per heavy atom. The monoisotopic (exact) mass is 399 g/mol. The number of hydrogen-bond donors (Lipinski definition) is 1. The maximum Gasteiger partial charge on any atom is 0.325 e. The summed E-state index contributed by atoms with van der Waals surface area (Å²) in [6, 6.07) is 14.7. The van der Waals surface area contributed by atoms with Gasteiger partial charge in [0.2, 0.25) is 11.1 Å². The van der Waals surface area contributed by atoms with E-state index < -0.39 is 6.17 Å². The Labute approximate surface area is 164 Å². The lowest BCUT2D eigenvalue weighted by Crippen LogP contribution is -2.60. The Bertz CT molecular complexity index is 1100. The standard InChI is InChI=1S/C19H15ClN4O2S/c1-11(25)23-15-9-8-13(20)10-14(15)16-17(26)21-19(27-2)22-24(16)18(23)12-6-4-3-5-7-12/h3-10,18H,1-2H3/p+1/t18-/m0/s1. The third-order valence-corrected chi connectivity index (χ3v) is 5.25. The van der Waals surface area contributed by atoms with Gasteiger partial charge in [0, 0.05) is 22.6 Å². The molecule has 1 aromatic heterocycles. The Balaban J connectivity index is 2.11. The predicted molar refractivity (Wildman–Crippen MR) is 105 cm³/mol. The van der Waals surface area contributed by atoms with Crippen LogP contribution in [-0.4, -0.2) is 22.2 Å². The molecule has 2 heterocycles. The number of benzene rings is 2. The van der Waals surface area contributed by atoms with Crippen molar-refractivity contribution in [2.75, 3.05) is 11.2 Å². The molecule has 0 unspecified atom stereocenters. The number of thioether (sulfide) groups is 1. The van der Waals surface area contributed by atoms with Crippen LogP contribution >= 0.6 is 23.4 Å².